The van der Waals surface area contributed by atoms with Crippen LogP contribution >= 0.6 is 0 Å². The summed E-state index contributed by atoms with van der Waals surface area (Å²) in [6.07, 6.45) is 10.8. The molecule has 70 heavy (non-hydrogen) atoms. The van der Waals surface area contributed by atoms with Crippen molar-refractivity contribution in [2.24, 2.45) is 0 Å². The molecule has 0 aliphatic rings. The van der Waals surface area contributed by atoms with Crippen LogP contribution in [0.4, 0.5) is 0 Å². The number of carbonyl (C=O) groups is 2. The molecular formula is C44H38ClCu2N6O16S+. The van der Waals surface area contributed by atoms with Gasteiger partial charge in [-0.1, -0.05) is 72.8 Å². The Bertz CT molecular complexity index is 2930. The summed E-state index contributed by atoms with van der Waals surface area (Å²) in [7, 11) is -9.89. The smallest absolute Gasteiger partial charge is 0.744 e. The molecule has 4 aromatic carbocycles. The summed E-state index contributed by atoms with van der Waals surface area (Å²) in [5.74, 6) is -3.60. The molecule has 26 heteroatoms. The van der Waals surface area contributed by atoms with Gasteiger partial charge in [0.2, 0.25) is 0 Å². The van der Waals surface area contributed by atoms with E-state index in [-0.39, 0.29) is 61.5 Å². The van der Waals surface area contributed by atoms with Gasteiger partial charge in [-0.15, -0.1) is 10.2 Å². The number of carbonyl (C=O) groups excluding carboxylic acids is 2. The Morgan fingerprint density at radius 1 is 0.400 bits per heavy atom. The molecule has 0 saturated heterocycles. The van der Waals surface area contributed by atoms with Crippen molar-refractivity contribution in [1.29, 1.82) is 0 Å². The van der Waals surface area contributed by atoms with Crippen molar-refractivity contribution < 1.29 is 123 Å². The van der Waals surface area contributed by atoms with Gasteiger partial charge in [0, 0.05) is 69.5 Å². The minimum absolute atomic E-state index is 0. The number of nitrogens with zero attached hydrogens (tertiary/aromatic N) is 6. The molecule has 2 radical (unpaired) electrons. The van der Waals surface area contributed by atoms with E-state index >= 15 is 0 Å². The van der Waals surface area contributed by atoms with Crippen molar-refractivity contribution in [3.8, 4) is 0 Å². The maximum absolute atomic E-state index is 10.6. The Balaban J connectivity index is 0. The van der Waals surface area contributed by atoms with Crippen LogP contribution < -0.4 is 28.8 Å². The number of carboxylic acids is 2. The predicted octanol–water partition coefficient (Wildman–Crippen LogP) is -3.31. The number of pyridine rings is 6. The Labute approximate surface area is 419 Å². The van der Waals surface area contributed by atoms with Crippen LogP contribution in [0, 0.1) is 10.2 Å². The minimum Gasteiger partial charge on any atom is -0.744 e. The molecule has 0 spiro atoms. The molecule has 10 rings (SSSR count). The average molecular weight is 1100 g/mol. The van der Waals surface area contributed by atoms with E-state index in [0.29, 0.717) is 18.2 Å². The molecule has 11 N–H and O–H groups in total. The van der Waals surface area contributed by atoms with Crippen LogP contribution in [0.25, 0.3) is 65.4 Å². The number of fused-ring (bicyclic) bond motifs is 9. The predicted molar refractivity (Wildman–Crippen MR) is 234 cm³/mol. The zero-order valence-electron chi connectivity index (χ0n) is 35.2. The second-order valence-corrected chi connectivity index (χ2v) is 14.9. The van der Waals surface area contributed by atoms with Gasteiger partial charge in [0.05, 0.1) is 49.9 Å². The number of rotatable bonds is 3. The summed E-state index contributed by atoms with van der Waals surface area (Å²) in [5, 5.41) is 27.7. The van der Waals surface area contributed by atoms with E-state index in [1.807, 2.05) is 36.4 Å². The van der Waals surface area contributed by atoms with Gasteiger partial charge in [-0.25, -0.2) is 27.1 Å². The van der Waals surface area contributed by atoms with Crippen molar-refractivity contribution in [3.05, 3.63) is 176 Å². The van der Waals surface area contributed by atoms with Crippen molar-refractivity contribution in [1.82, 2.24) is 29.9 Å². The molecular weight excluding hydrogens is 1060 g/mol. The van der Waals surface area contributed by atoms with E-state index in [1.165, 1.54) is 0 Å². The Morgan fingerprint density at radius 3 is 0.743 bits per heavy atom. The molecule has 0 amide bonds. The number of benzene rings is 4. The summed E-state index contributed by atoms with van der Waals surface area (Å²) in [5.41, 5.74) is 4.41. The number of carboxylic acid groups (broad SMARTS) is 2. The molecule has 374 valence electrons. The van der Waals surface area contributed by atoms with Crippen LogP contribution in [0.15, 0.2) is 169 Å². The molecule has 0 bridgehead atoms. The first-order valence-electron chi connectivity index (χ1n) is 18.0. The van der Waals surface area contributed by atoms with Crippen molar-refractivity contribution in [3.63, 3.8) is 0 Å². The van der Waals surface area contributed by atoms with Crippen molar-refractivity contribution >= 4 is 87.5 Å². The van der Waals surface area contributed by atoms with Crippen LogP contribution in [-0.2, 0) is 49.7 Å². The van der Waals surface area contributed by atoms with Crippen LogP contribution in [0.5, 0.6) is 0 Å². The van der Waals surface area contributed by atoms with Gasteiger partial charge >= 0.3 is 34.1 Å². The largest absolute Gasteiger partial charge is 2.00 e. The molecule has 0 fully saturated rings. The fourth-order valence-electron chi connectivity index (χ4n) is 6.02. The minimum atomic E-state index is -4.95. The van der Waals surface area contributed by atoms with E-state index in [1.54, 1.807) is 37.2 Å². The van der Waals surface area contributed by atoms with Gasteiger partial charge in [0.1, 0.15) is 10.1 Å². The quantitative estimate of drug-likeness (QED) is 0.0723. The van der Waals surface area contributed by atoms with E-state index in [2.05, 4.69) is 103 Å². The van der Waals surface area contributed by atoms with Gasteiger partial charge in [0.15, 0.2) is 0 Å². The molecule has 0 saturated carbocycles. The van der Waals surface area contributed by atoms with Gasteiger partial charge in [0.25, 0.3) is 0 Å². The Hall–Kier alpha value is -6.84. The molecule has 0 aliphatic carbocycles. The third-order valence-corrected chi connectivity index (χ3v) is 9.51. The first kappa shape index (κ1) is 65.2. The van der Waals surface area contributed by atoms with Gasteiger partial charge in [-0.3, -0.25) is 29.9 Å². The second-order valence-electron chi connectivity index (χ2n) is 12.8. The summed E-state index contributed by atoms with van der Waals surface area (Å²) in [4.78, 5) is 46.0. The van der Waals surface area contributed by atoms with Crippen LogP contribution in [0.2, 0.25) is 0 Å². The normalized spacial score (nSPS) is 9.90. The number of aromatic nitrogens is 6. The zero-order chi connectivity index (χ0) is 45.1. The third-order valence-electron chi connectivity index (χ3n) is 8.70. The van der Waals surface area contributed by atoms with E-state index in [9.17, 15) is 32.8 Å². The number of halogens is 1. The molecule has 0 aliphatic heterocycles. The number of hydrogen-bond acceptors (Lipinski definition) is 17. The van der Waals surface area contributed by atoms with Gasteiger partial charge in [-0.2, -0.15) is 0 Å². The summed E-state index contributed by atoms with van der Waals surface area (Å²) >= 11 is 0. The molecule has 6 aromatic heterocycles. The fraction of sp³-hybridized carbons (Fsp3) is 0. The summed E-state index contributed by atoms with van der Waals surface area (Å²) in [6.45, 7) is 0. The van der Waals surface area contributed by atoms with E-state index in [0.717, 1.165) is 65.4 Å². The fourth-order valence-corrected chi connectivity index (χ4v) is 6.56. The molecule has 6 heterocycles. The number of aromatic carboxylic acids is 2. The van der Waals surface area contributed by atoms with E-state index in [4.69, 9.17) is 18.6 Å². The first-order valence-corrected chi connectivity index (χ1v) is 20.6. The SMILES string of the molecule is O.O.O.O.O=C([O-])c1cc(C(=O)[O-])cc(S(=O)(=O)[O-])c1.[Cu+2].[Cu+2].[O-][Cl+3]([O-])([O-])[O-].[OH3+].c1cnc2c(c1)ccc1cccnc12.c1cnc2c(c1)ccc1cccnc12.c1cnc2c(c1)ccc1cccnc12. The first-order chi connectivity index (χ1) is 30.1. The van der Waals surface area contributed by atoms with Crippen LogP contribution in [0.1, 0.15) is 20.7 Å². The Kier molecular flexibility index (Phi) is 27.3. The van der Waals surface area contributed by atoms with E-state index < -0.39 is 48.3 Å². The number of hydrogen-bond donors (Lipinski definition) is 0. The maximum atomic E-state index is 10.6. The monoisotopic (exact) mass is 1100 g/mol. The second kappa shape index (κ2) is 29.2. The molecule has 0 unspecified atom stereocenters. The van der Waals surface area contributed by atoms with Gasteiger partial charge in [-0.05, 0) is 65.7 Å². The zero-order valence-corrected chi connectivity index (χ0v) is 38.7. The van der Waals surface area contributed by atoms with Gasteiger partial charge < -0.3 is 51.7 Å². The topological polar surface area (TPSA) is 466 Å². The van der Waals surface area contributed by atoms with Crippen molar-refractivity contribution in [2.45, 2.75) is 4.90 Å². The molecule has 10 aromatic rings. The third kappa shape index (κ3) is 17.6. The summed E-state index contributed by atoms with van der Waals surface area (Å²) < 4.78 is 65.8. The van der Waals surface area contributed by atoms with Crippen LogP contribution in [0.3, 0.4) is 0 Å². The molecule has 0 atom stereocenters. The maximum Gasteiger partial charge on any atom is 2.00 e. The summed E-state index contributed by atoms with van der Waals surface area (Å²) in [6, 6.07) is 38.1. The van der Waals surface area contributed by atoms with Crippen LogP contribution in [-0.4, -0.2) is 76.7 Å². The molecule has 22 nitrogen and oxygen atoms in total. The van der Waals surface area contributed by atoms with Crippen molar-refractivity contribution in [2.75, 3.05) is 0 Å². The Morgan fingerprint density at radius 2 is 0.586 bits per heavy atom. The average Bonchev–Trinajstić information content (AvgIpc) is 3.28. The standard InChI is InChI=1S/3C12H8N2.C8H6O7S.ClHO4.2Cu.5H2O/c3*1-3-9-5-6-10-4-2-8-14-12(10)11(9)13-7-1;9-7(10)4-1-5(8(11)12)3-6(2-4)16(13,14)15;2-1(3,4)5;;;;;;;/h3*1-8H;1-3H,(H,9,10)(H,11,12)(H,13,14,15);(H,2,3,4,5);;;5*1H2/q;;;;;2*+2;;;;;/p-3.